The van der Waals surface area contributed by atoms with Crippen LogP contribution in [0.15, 0.2) is 53.2 Å². The van der Waals surface area contributed by atoms with Crippen LogP contribution in [0.25, 0.3) is 6.08 Å². The van der Waals surface area contributed by atoms with E-state index in [1.165, 1.54) is 5.56 Å². The van der Waals surface area contributed by atoms with Crippen molar-refractivity contribution >= 4 is 41.1 Å². The summed E-state index contributed by atoms with van der Waals surface area (Å²) < 4.78 is 5.29. The van der Waals surface area contributed by atoms with E-state index in [9.17, 15) is 4.79 Å². The highest BCUT2D eigenvalue weighted by Gasteiger charge is 2.25. The fourth-order valence-electron chi connectivity index (χ4n) is 2.41. The van der Waals surface area contributed by atoms with Crippen molar-refractivity contribution in [1.29, 1.82) is 0 Å². The standard InChI is InChI=1S/C20H17Cl2NO2/c1-20(2,3)14-7-4-12(5-8-14)18-23-17(19(24)25-18)10-13-6-9-15(21)11-16(13)22/h4-11H,1-3H3/b17-10-. The number of halogens is 2. The van der Waals surface area contributed by atoms with Gasteiger partial charge in [-0.15, -0.1) is 0 Å². The number of benzene rings is 2. The second-order valence-corrected chi connectivity index (χ2v) is 7.67. The van der Waals surface area contributed by atoms with Gasteiger partial charge in [0, 0.05) is 15.6 Å². The molecule has 2 aromatic carbocycles. The van der Waals surface area contributed by atoms with E-state index in [1.54, 1.807) is 24.3 Å². The first-order chi connectivity index (χ1) is 11.7. The van der Waals surface area contributed by atoms with Gasteiger partial charge in [0.2, 0.25) is 5.90 Å². The number of nitrogens with zero attached hydrogens (tertiary/aromatic N) is 1. The molecule has 0 saturated heterocycles. The average Bonchev–Trinajstić information content (AvgIpc) is 2.90. The highest BCUT2D eigenvalue weighted by atomic mass is 35.5. The van der Waals surface area contributed by atoms with Gasteiger partial charge in [0.05, 0.1) is 0 Å². The molecule has 0 aliphatic carbocycles. The molecule has 0 spiro atoms. The SMILES string of the molecule is CC(C)(C)c1ccc(C2=N/C(=C\c3ccc(Cl)cc3Cl)C(=O)O2)cc1. The summed E-state index contributed by atoms with van der Waals surface area (Å²) in [4.78, 5) is 16.4. The number of cyclic esters (lactones) is 1. The summed E-state index contributed by atoms with van der Waals surface area (Å²) in [7, 11) is 0. The molecule has 0 N–H and O–H groups in total. The molecule has 0 bridgehead atoms. The Morgan fingerprint density at radius 2 is 1.72 bits per heavy atom. The van der Waals surface area contributed by atoms with E-state index in [0.717, 1.165) is 5.56 Å². The number of esters is 1. The van der Waals surface area contributed by atoms with Gasteiger partial charge < -0.3 is 4.74 Å². The smallest absolute Gasteiger partial charge is 0.363 e. The van der Waals surface area contributed by atoms with Gasteiger partial charge in [-0.3, -0.25) is 0 Å². The lowest BCUT2D eigenvalue weighted by Gasteiger charge is -2.18. The van der Waals surface area contributed by atoms with E-state index >= 15 is 0 Å². The molecule has 0 saturated carbocycles. The second kappa shape index (κ2) is 6.66. The minimum absolute atomic E-state index is 0.0586. The quantitative estimate of drug-likeness (QED) is 0.504. The first-order valence-electron chi connectivity index (χ1n) is 7.82. The lowest BCUT2D eigenvalue weighted by molar-refractivity contribution is -0.129. The molecule has 0 atom stereocenters. The number of rotatable bonds is 2. The Morgan fingerprint density at radius 3 is 2.32 bits per heavy atom. The number of carbonyl (C=O) groups excluding carboxylic acids is 1. The molecule has 3 nitrogen and oxygen atoms in total. The number of hydrogen-bond acceptors (Lipinski definition) is 3. The summed E-state index contributed by atoms with van der Waals surface area (Å²) in [5.41, 5.74) is 2.88. The van der Waals surface area contributed by atoms with Crippen molar-refractivity contribution < 1.29 is 9.53 Å². The molecular weight excluding hydrogens is 357 g/mol. The van der Waals surface area contributed by atoms with E-state index in [1.807, 2.05) is 24.3 Å². The molecule has 0 unspecified atom stereocenters. The Kier molecular flexibility index (Phi) is 4.72. The summed E-state index contributed by atoms with van der Waals surface area (Å²) >= 11 is 12.0. The van der Waals surface area contributed by atoms with Gasteiger partial charge in [-0.2, -0.15) is 0 Å². The van der Waals surface area contributed by atoms with Gasteiger partial charge in [-0.05, 0) is 46.9 Å². The highest BCUT2D eigenvalue weighted by Crippen LogP contribution is 2.27. The van der Waals surface area contributed by atoms with Crippen LogP contribution in [-0.4, -0.2) is 11.9 Å². The summed E-state index contributed by atoms with van der Waals surface area (Å²) in [6, 6.07) is 12.9. The third-order valence-electron chi connectivity index (χ3n) is 3.87. The van der Waals surface area contributed by atoms with Crippen LogP contribution in [-0.2, 0) is 14.9 Å². The van der Waals surface area contributed by atoms with E-state index in [4.69, 9.17) is 27.9 Å². The van der Waals surface area contributed by atoms with Crippen LogP contribution in [0.1, 0.15) is 37.5 Å². The summed E-state index contributed by atoms with van der Waals surface area (Å²) in [5, 5.41) is 0.982. The lowest BCUT2D eigenvalue weighted by atomic mass is 9.87. The average molecular weight is 374 g/mol. The van der Waals surface area contributed by atoms with E-state index in [-0.39, 0.29) is 11.1 Å². The highest BCUT2D eigenvalue weighted by molar-refractivity contribution is 6.35. The van der Waals surface area contributed by atoms with E-state index in [0.29, 0.717) is 21.5 Å². The molecular formula is C20H17Cl2NO2. The number of ether oxygens (including phenoxy) is 1. The van der Waals surface area contributed by atoms with Crippen molar-refractivity contribution in [2.75, 3.05) is 0 Å². The summed E-state index contributed by atoms with van der Waals surface area (Å²) in [6.45, 7) is 6.43. The zero-order chi connectivity index (χ0) is 18.2. The number of carbonyl (C=O) groups is 1. The molecule has 1 aliphatic rings. The van der Waals surface area contributed by atoms with Crippen molar-refractivity contribution in [3.63, 3.8) is 0 Å². The normalized spacial score (nSPS) is 16.1. The third-order valence-corrected chi connectivity index (χ3v) is 4.44. The van der Waals surface area contributed by atoms with Crippen LogP contribution in [0.5, 0.6) is 0 Å². The van der Waals surface area contributed by atoms with Crippen molar-refractivity contribution in [2.45, 2.75) is 26.2 Å². The Balaban J connectivity index is 1.91. The van der Waals surface area contributed by atoms with Crippen molar-refractivity contribution in [1.82, 2.24) is 0 Å². The first-order valence-corrected chi connectivity index (χ1v) is 8.58. The summed E-state index contributed by atoms with van der Waals surface area (Å²) in [6.07, 6.45) is 1.59. The largest absolute Gasteiger partial charge is 0.402 e. The van der Waals surface area contributed by atoms with Gasteiger partial charge in [0.25, 0.3) is 0 Å². The van der Waals surface area contributed by atoms with Crippen molar-refractivity contribution in [2.24, 2.45) is 4.99 Å². The van der Waals surface area contributed by atoms with E-state index < -0.39 is 5.97 Å². The molecule has 128 valence electrons. The zero-order valence-corrected chi connectivity index (χ0v) is 15.7. The maximum Gasteiger partial charge on any atom is 0.363 e. The van der Waals surface area contributed by atoms with Crippen LogP contribution < -0.4 is 0 Å². The molecule has 0 fully saturated rings. The maximum atomic E-state index is 12.1. The summed E-state index contributed by atoms with van der Waals surface area (Å²) in [5.74, 6) is -0.206. The van der Waals surface area contributed by atoms with Crippen molar-refractivity contribution in [3.8, 4) is 0 Å². The molecule has 0 aromatic heterocycles. The van der Waals surface area contributed by atoms with Gasteiger partial charge in [0.1, 0.15) is 0 Å². The monoisotopic (exact) mass is 373 g/mol. The van der Waals surface area contributed by atoms with Crippen LogP contribution in [0.2, 0.25) is 10.0 Å². The van der Waals surface area contributed by atoms with Gasteiger partial charge in [-0.25, -0.2) is 9.79 Å². The zero-order valence-electron chi connectivity index (χ0n) is 14.1. The van der Waals surface area contributed by atoms with E-state index in [2.05, 4.69) is 25.8 Å². The van der Waals surface area contributed by atoms with Crippen LogP contribution in [0.3, 0.4) is 0 Å². The Labute approximate surface area is 156 Å². The predicted octanol–water partition coefficient (Wildman–Crippen LogP) is 5.64. The van der Waals surface area contributed by atoms with Gasteiger partial charge in [-0.1, -0.05) is 62.2 Å². The minimum atomic E-state index is -0.499. The maximum absolute atomic E-state index is 12.1. The minimum Gasteiger partial charge on any atom is -0.402 e. The number of hydrogen-bond donors (Lipinski definition) is 0. The van der Waals surface area contributed by atoms with Crippen molar-refractivity contribution in [3.05, 3.63) is 74.9 Å². The molecule has 1 aliphatic heterocycles. The van der Waals surface area contributed by atoms with Crippen LogP contribution in [0, 0.1) is 0 Å². The van der Waals surface area contributed by atoms with Gasteiger partial charge >= 0.3 is 5.97 Å². The molecule has 25 heavy (non-hydrogen) atoms. The molecule has 5 heteroatoms. The molecule has 2 aromatic rings. The number of aliphatic imine (C=N–C) groups is 1. The molecule has 0 amide bonds. The molecule has 3 rings (SSSR count). The van der Waals surface area contributed by atoms with Crippen LogP contribution in [0.4, 0.5) is 0 Å². The Bertz CT molecular complexity index is 891. The topological polar surface area (TPSA) is 38.7 Å². The van der Waals surface area contributed by atoms with Gasteiger partial charge in [0.15, 0.2) is 5.70 Å². The first kappa shape index (κ1) is 17.7. The fraction of sp³-hybridized carbons (Fsp3) is 0.200. The Morgan fingerprint density at radius 1 is 1.04 bits per heavy atom. The third kappa shape index (κ3) is 3.94. The lowest BCUT2D eigenvalue weighted by Crippen LogP contribution is -2.11. The fourth-order valence-corrected chi connectivity index (χ4v) is 2.87. The molecule has 0 radical (unpaired) electrons. The molecule has 1 heterocycles. The van der Waals surface area contributed by atoms with Crippen LogP contribution >= 0.6 is 23.2 Å². The second-order valence-electron chi connectivity index (χ2n) is 6.83. The Hall–Kier alpha value is -2.10. The predicted molar refractivity (Wildman–Crippen MR) is 102 cm³/mol.